The Morgan fingerprint density at radius 3 is 2.42 bits per heavy atom. The van der Waals surface area contributed by atoms with Gasteiger partial charge in [-0.25, -0.2) is 9.97 Å². The van der Waals surface area contributed by atoms with Crippen molar-refractivity contribution in [2.75, 3.05) is 17.3 Å². The van der Waals surface area contributed by atoms with E-state index in [0.29, 0.717) is 17.6 Å². The summed E-state index contributed by atoms with van der Waals surface area (Å²) < 4.78 is 0. The van der Waals surface area contributed by atoms with Gasteiger partial charge in [0.1, 0.15) is 5.69 Å². The molecule has 0 spiro atoms. The minimum Gasteiger partial charge on any atom is -0.320 e. The summed E-state index contributed by atoms with van der Waals surface area (Å²) in [7, 11) is 1.88. The standard InChI is InChI=1S/C21H22N4O/c1-15(2)17-11-7-8-12-18(17)23-20(26)19-13-14-22-21(24-19)25(3)16-9-5-4-6-10-16/h4-15H,1-3H3,(H,23,26). The van der Waals surface area contributed by atoms with E-state index in [-0.39, 0.29) is 5.91 Å². The fraction of sp³-hybridized carbons (Fsp3) is 0.190. The second-order valence-electron chi connectivity index (χ2n) is 6.33. The van der Waals surface area contributed by atoms with Crippen molar-refractivity contribution < 1.29 is 4.79 Å². The molecule has 0 saturated carbocycles. The normalized spacial score (nSPS) is 10.6. The van der Waals surface area contributed by atoms with Crippen molar-refractivity contribution in [1.82, 2.24) is 9.97 Å². The smallest absolute Gasteiger partial charge is 0.274 e. The molecular formula is C21H22N4O. The quantitative estimate of drug-likeness (QED) is 0.732. The lowest BCUT2D eigenvalue weighted by molar-refractivity contribution is 0.102. The Morgan fingerprint density at radius 1 is 1.00 bits per heavy atom. The first-order valence-corrected chi connectivity index (χ1v) is 8.58. The average molecular weight is 346 g/mol. The van der Waals surface area contributed by atoms with Crippen LogP contribution in [-0.4, -0.2) is 22.9 Å². The largest absolute Gasteiger partial charge is 0.320 e. The SMILES string of the molecule is CC(C)c1ccccc1NC(=O)c1ccnc(N(C)c2ccccc2)n1. The summed E-state index contributed by atoms with van der Waals surface area (Å²) in [5.74, 6) is 0.542. The van der Waals surface area contributed by atoms with Crippen LogP contribution in [0.1, 0.15) is 35.8 Å². The summed E-state index contributed by atoms with van der Waals surface area (Å²) in [6.45, 7) is 4.20. The van der Waals surface area contributed by atoms with Gasteiger partial charge in [-0.2, -0.15) is 0 Å². The molecule has 0 saturated heterocycles. The summed E-state index contributed by atoms with van der Waals surface area (Å²) in [5, 5.41) is 2.97. The molecule has 2 aromatic carbocycles. The predicted octanol–water partition coefficient (Wildman–Crippen LogP) is 4.62. The molecule has 5 nitrogen and oxygen atoms in total. The molecule has 0 fully saturated rings. The van der Waals surface area contributed by atoms with E-state index < -0.39 is 0 Å². The molecule has 5 heteroatoms. The number of anilines is 3. The first-order chi connectivity index (χ1) is 12.6. The van der Waals surface area contributed by atoms with E-state index in [9.17, 15) is 4.79 Å². The molecule has 1 heterocycles. The number of carbonyl (C=O) groups is 1. The Kier molecular flexibility index (Phi) is 5.27. The summed E-state index contributed by atoms with van der Waals surface area (Å²) in [6.07, 6.45) is 1.60. The number of benzene rings is 2. The van der Waals surface area contributed by atoms with Gasteiger partial charge in [0, 0.05) is 24.6 Å². The summed E-state index contributed by atoms with van der Waals surface area (Å²) >= 11 is 0. The van der Waals surface area contributed by atoms with Crippen molar-refractivity contribution in [2.24, 2.45) is 0 Å². The van der Waals surface area contributed by atoms with E-state index >= 15 is 0 Å². The Labute approximate surface area is 153 Å². The molecule has 0 bridgehead atoms. The number of amides is 1. The van der Waals surface area contributed by atoms with Crippen LogP contribution in [0, 0.1) is 0 Å². The predicted molar refractivity (Wildman–Crippen MR) is 105 cm³/mol. The van der Waals surface area contributed by atoms with Crippen molar-refractivity contribution in [3.05, 3.63) is 78.1 Å². The third-order valence-electron chi connectivity index (χ3n) is 4.15. The van der Waals surface area contributed by atoms with Gasteiger partial charge in [0.2, 0.25) is 5.95 Å². The Hall–Kier alpha value is -3.21. The van der Waals surface area contributed by atoms with E-state index in [0.717, 1.165) is 16.9 Å². The summed E-state index contributed by atoms with van der Waals surface area (Å²) in [6, 6.07) is 19.2. The van der Waals surface area contributed by atoms with Gasteiger partial charge in [-0.3, -0.25) is 4.79 Å². The van der Waals surface area contributed by atoms with Crippen LogP contribution in [0.2, 0.25) is 0 Å². The van der Waals surface area contributed by atoms with E-state index in [2.05, 4.69) is 29.1 Å². The van der Waals surface area contributed by atoms with Crippen molar-refractivity contribution in [3.8, 4) is 0 Å². The van der Waals surface area contributed by atoms with E-state index in [1.807, 2.05) is 66.5 Å². The number of carbonyl (C=O) groups excluding carboxylic acids is 1. The van der Waals surface area contributed by atoms with Gasteiger partial charge in [-0.1, -0.05) is 50.2 Å². The lowest BCUT2D eigenvalue weighted by Gasteiger charge is -2.17. The molecule has 0 aliphatic heterocycles. The van der Waals surface area contributed by atoms with Crippen LogP contribution in [0.5, 0.6) is 0 Å². The monoisotopic (exact) mass is 346 g/mol. The zero-order chi connectivity index (χ0) is 18.5. The summed E-state index contributed by atoms with van der Waals surface area (Å²) in [4.78, 5) is 23.2. The Bertz CT molecular complexity index is 893. The highest BCUT2D eigenvalue weighted by atomic mass is 16.1. The Morgan fingerprint density at radius 2 is 1.69 bits per heavy atom. The highest BCUT2D eigenvalue weighted by molar-refractivity contribution is 6.03. The van der Waals surface area contributed by atoms with Crippen LogP contribution in [0.3, 0.4) is 0 Å². The van der Waals surface area contributed by atoms with Crippen LogP contribution in [-0.2, 0) is 0 Å². The van der Waals surface area contributed by atoms with Gasteiger partial charge in [0.25, 0.3) is 5.91 Å². The minimum atomic E-state index is -0.247. The maximum Gasteiger partial charge on any atom is 0.274 e. The highest BCUT2D eigenvalue weighted by Gasteiger charge is 2.14. The molecule has 3 aromatic rings. The zero-order valence-electron chi connectivity index (χ0n) is 15.2. The van der Waals surface area contributed by atoms with Gasteiger partial charge < -0.3 is 10.2 Å². The molecule has 26 heavy (non-hydrogen) atoms. The molecule has 0 radical (unpaired) electrons. The minimum absolute atomic E-state index is 0.247. The number of nitrogens with one attached hydrogen (secondary N) is 1. The van der Waals surface area contributed by atoms with Crippen LogP contribution in [0.15, 0.2) is 66.9 Å². The first kappa shape index (κ1) is 17.6. The van der Waals surface area contributed by atoms with Crippen molar-refractivity contribution in [2.45, 2.75) is 19.8 Å². The van der Waals surface area contributed by atoms with Crippen molar-refractivity contribution >= 4 is 23.2 Å². The van der Waals surface area contributed by atoms with Crippen LogP contribution >= 0.6 is 0 Å². The Balaban J connectivity index is 1.83. The third kappa shape index (κ3) is 3.88. The molecular weight excluding hydrogens is 324 g/mol. The van der Waals surface area contributed by atoms with E-state index in [1.54, 1.807) is 12.3 Å². The fourth-order valence-corrected chi connectivity index (χ4v) is 2.70. The molecule has 0 aliphatic rings. The van der Waals surface area contributed by atoms with Gasteiger partial charge >= 0.3 is 0 Å². The second-order valence-corrected chi connectivity index (χ2v) is 6.33. The second kappa shape index (κ2) is 7.78. The molecule has 1 aromatic heterocycles. The van der Waals surface area contributed by atoms with Crippen LogP contribution < -0.4 is 10.2 Å². The third-order valence-corrected chi connectivity index (χ3v) is 4.15. The summed E-state index contributed by atoms with van der Waals surface area (Å²) in [5.41, 5.74) is 3.19. The van der Waals surface area contributed by atoms with Crippen molar-refractivity contribution in [1.29, 1.82) is 0 Å². The molecule has 1 amide bonds. The first-order valence-electron chi connectivity index (χ1n) is 8.58. The van der Waals surface area contributed by atoms with Gasteiger partial charge in [-0.05, 0) is 35.7 Å². The number of para-hydroxylation sites is 2. The number of rotatable bonds is 5. The van der Waals surface area contributed by atoms with Crippen LogP contribution in [0.25, 0.3) is 0 Å². The lowest BCUT2D eigenvalue weighted by Crippen LogP contribution is -2.18. The topological polar surface area (TPSA) is 58.1 Å². The van der Waals surface area contributed by atoms with E-state index in [4.69, 9.17) is 0 Å². The number of nitrogens with zero attached hydrogens (tertiary/aromatic N) is 3. The molecule has 0 unspecified atom stereocenters. The zero-order valence-corrected chi connectivity index (χ0v) is 15.2. The average Bonchev–Trinajstić information content (AvgIpc) is 2.68. The molecule has 1 N–H and O–H groups in total. The van der Waals surface area contributed by atoms with E-state index in [1.165, 1.54) is 0 Å². The van der Waals surface area contributed by atoms with Crippen molar-refractivity contribution in [3.63, 3.8) is 0 Å². The highest BCUT2D eigenvalue weighted by Crippen LogP contribution is 2.24. The van der Waals surface area contributed by atoms with Gasteiger partial charge in [0.15, 0.2) is 0 Å². The molecule has 0 atom stereocenters. The molecule has 132 valence electrons. The number of hydrogen-bond donors (Lipinski definition) is 1. The number of hydrogen-bond acceptors (Lipinski definition) is 4. The van der Waals surface area contributed by atoms with Gasteiger partial charge in [-0.15, -0.1) is 0 Å². The lowest BCUT2D eigenvalue weighted by atomic mass is 10.0. The maximum absolute atomic E-state index is 12.7. The maximum atomic E-state index is 12.7. The molecule has 3 rings (SSSR count). The fourth-order valence-electron chi connectivity index (χ4n) is 2.70. The molecule has 0 aliphatic carbocycles. The number of aromatic nitrogens is 2. The van der Waals surface area contributed by atoms with Gasteiger partial charge in [0.05, 0.1) is 0 Å². The van der Waals surface area contributed by atoms with Crippen LogP contribution in [0.4, 0.5) is 17.3 Å².